The number of halogens is 1. The van der Waals surface area contributed by atoms with Gasteiger partial charge in [-0.3, -0.25) is 9.79 Å². The lowest BCUT2D eigenvalue weighted by atomic mass is 9.86. The first kappa shape index (κ1) is 14.0. The summed E-state index contributed by atoms with van der Waals surface area (Å²) in [6.07, 6.45) is 1.51. The van der Waals surface area contributed by atoms with Gasteiger partial charge < -0.3 is 0 Å². The van der Waals surface area contributed by atoms with Gasteiger partial charge in [-0.05, 0) is 30.5 Å². The number of benzene rings is 2. The molecule has 0 N–H and O–H groups in total. The van der Waals surface area contributed by atoms with Crippen LogP contribution in [0.1, 0.15) is 28.8 Å². The Kier molecular flexibility index (Phi) is 4.16. The van der Waals surface area contributed by atoms with Gasteiger partial charge in [0.05, 0.1) is 0 Å². The molecule has 2 aromatic rings. The molecule has 1 heterocycles. The van der Waals surface area contributed by atoms with Crippen molar-refractivity contribution in [2.75, 3.05) is 6.54 Å². The second-order valence-corrected chi connectivity index (χ2v) is 5.70. The van der Waals surface area contributed by atoms with Crippen molar-refractivity contribution >= 4 is 23.1 Å². The number of nitrogens with zero attached hydrogens (tertiary/aromatic N) is 1. The molecule has 0 aliphatic carbocycles. The van der Waals surface area contributed by atoms with Gasteiger partial charge in [-0.25, -0.2) is 0 Å². The highest BCUT2D eigenvalue weighted by atomic mass is 35.5. The Morgan fingerprint density at radius 1 is 1.10 bits per heavy atom. The van der Waals surface area contributed by atoms with Crippen molar-refractivity contribution in [3.8, 4) is 0 Å². The minimum atomic E-state index is -0.00354. The Balaban J connectivity index is 1.79. The summed E-state index contributed by atoms with van der Waals surface area (Å²) < 4.78 is 0. The molecule has 1 aliphatic heterocycles. The minimum absolute atomic E-state index is 0.00354. The summed E-state index contributed by atoms with van der Waals surface area (Å²) in [5, 5.41) is 0.605. The zero-order valence-electron chi connectivity index (χ0n) is 11.6. The summed E-state index contributed by atoms with van der Waals surface area (Å²) >= 11 is 5.98. The lowest BCUT2D eigenvalue weighted by molar-refractivity contribution is 0.0916. The zero-order chi connectivity index (χ0) is 14.7. The van der Waals surface area contributed by atoms with Crippen LogP contribution in [-0.2, 0) is 0 Å². The van der Waals surface area contributed by atoms with Crippen LogP contribution in [0.2, 0.25) is 5.02 Å². The molecule has 2 nitrogen and oxygen atoms in total. The van der Waals surface area contributed by atoms with Gasteiger partial charge in [0.1, 0.15) is 0 Å². The van der Waals surface area contributed by atoms with E-state index in [1.165, 1.54) is 0 Å². The molecule has 0 saturated heterocycles. The monoisotopic (exact) mass is 297 g/mol. The highest BCUT2D eigenvalue weighted by Crippen LogP contribution is 2.24. The fourth-order valence-electron chi connectivity index (χ4n) is 2.70. The normalized spacial score (nSPS) is 18.1. The van der Waals surface area contributed by atoms with Crippen molar-refractivity contribution in [2.45, 2.75) is 12.8 Å². The molecule has 0 aromatic heterocycles. The number of ketones is 1. The van der Waals surface area contributed by atoms with Crippen LogP contribution >= 0.6 is 11.6 Å². The molecule has 0 spiro atoms. The first-order valence-corrected chi connectivity index (χ1v) is 7.50. The SMILES string of the molecule is O=C(c1cccc(Cl)c1)C1CCN=C(c2ccccc2)C1. The molecule has 106 valence electrons. The maximum Gasteiger partial charge on any atom is 0.166 e. The average Bonchev–Trinajstić information content (AvgIpc) is 2.55. The first-order valence-electron chi connectivity index (χ1n) is 7.12. The van der Waals surface area contributed by atoms with E-state index in [0.717, 1.165) is 17.7 Å². The number of Topliss-reactive ketones (excluding diaryl/α,β-unsaturated/α-hetero) is 1. The summed E-state index contributed by atoms with van der Waals surface area (Å²) in [5.74, 6) is 0.164. The Labute approximate surface area is 129 Å². The molecule has 0 radical (unpaired) electrons. The lowest BCUT2D eigenvalue weighted by Crippen LogP contribution is -2.24. The van der Waals surface area contributed by atoms with Gasteiger partial charge in [0.15, 0.2) is 5.78 Å². The standard InChI is InChI=1S/C18H16ClNO/c19-16-8-4-7-14(11-16)18(21)15-9-10-20-17(12-15)13-5-2-1-3-6-13/h1-8,11,15H,9-10,12H2. The first-order chi connectivity index (χ1) is 10.2. The number of carbonyl (C=O) groups is 1. The third-order valence-electron chi connectivity index (χ3n) is 3.81. The van der Waals surface area contributed by atoms with E-state index in [2.05, 4.69) is 4.99 Å². The lowest BCUT2D eigenvalue weighted by Gasteiger charge is -2.21. The van der Waals surface area contributed by atoms with Crippen LogP contribution in [0.25, 0.3) is 0 Å². The molecule has 0 saturated carbocycles. The van der Waals surface area contributed by atoms with Gasteiger partial charge in [0.2, 0.25) is 0 Å². The summed E-state index contributed by atoms with van der Waals surface area (Å²) in [6, 6.07) is 17.3. The van der Waals surface area contributed by atoms with Crippen LogP contribution in [0.3, 0.4) is 0 Å². The van der Waals surface area contributed by atoms with Crippen molar-refractivity contribution < 1.29 is 4.79 Å². The second-order valence-electron chi connectivity index (χ2n) is 5.26. The quantitative estimate of drug-likeness (QED) is 0.771. The van der Waals surface area contributed by atoms with Crippen molar-refractivity contribution in [3.63, 3.8) is 0 Å². The molecular formula is C18H16ClNO. The molecule has 0 bridgehead atoms. The fraction of sp³-hybridized carbons (Fsp3) is 0.222. The summed E-state index contributed by atoms with van der Waals surface area (Å²) in [7, 11) is 0. The third kappa shape index (κ3) is 3.22. The highest BCUT2D eigenvalue weighted by Gasteiger charge is 2.25. The zero-order valence-corrected chi connectivity index (χ0v) is 12.4. The van der Waals surface area contributed by atoms with Gasteiger partial charge in [-0.1, -0.05) is 54.1 Å². The molecule has 2 aromatic carbocycles. The second kappa shape index (κ2) is 6.23. The molecule has 1 unspecified atom stereocenters. The van der Waals surface area contributed by atoms with E-state index >= 15 is 0 Å². The molecule has 1 aliphatic rings. The van der Waals surface area contributed by atoms with E-state index in [1.54, 1.807) is 12.1 Å². The van der Waals surface area contributed by atoms with Gasteiger partial charge >= 0.3 is 0 Å². The third-order valence-corrected chi connectivity index (χ3v) is 4.04. The average molecular weight is 298 g/mol. The van der Waals surface area contributed by atoms with E-state index in [1.807, 2.05) is 42.5 Å². The largest absolute Gasteiger partial charge is 0.294 e. The van der Waals surface area contributed by atoms with Crippen molar-refractivity contribution in [2.24, 2.45) is 10.9 Å². The molecule has 0 fully saturated rings. The maximum atomic E-state index is 12.6. The van der Waals surface area contributed by atoms with Crippen molar-refractivity contribution in [3.05, 3.63) is 70.7 Å². The molecule has 3 rings (SSSR count). The smallest absolute Gasteiger partial charge is 0.166 e. The van der Waals surface area contributed by atoms with Gasteiger partial charge in [-0.2, -0.15) is 0 Å². The van der Waals surface area contributed by atoms with Crippen LogP contribution in [0.4, 0.5) is 0 Å². The van der Waals surface area contributed by atoms with Gasteiger partial charge in [-0.15, -0.1) is 0 Å². The number of aliphatic imine (C=N–C) groups is 1. The van der Waals surface area contributed by atoms with Gasteiger partial charge in [0, 0.05) is 28.8 Å². The fourth-order valence-corrected chi connectivity index (χ4v) is 2.89. The maximum absolute atomic E-state index is 12.6. The number of hydrogen-bond donors (Lipinski definition) is 0. The Morgan fingerprint density at radius 2 is 1.90 bits per heavy atom. The Bertz CT molecular complexity index is 679. The van der Waals surface area contributed by atoms with Crippen LogP contribution in [0.15, 0.2) is 59.6 Å². The predicted molar refractivity (Wildman–Crippen MR) is 86.4 cm³/mol. The molecule has 3 heteroatoms. The number of carbonyl (C=O) groups excluding carboxylic acids is 1. The van der Waals surface area contributed by atoms with Crippen LogP contribution in [0, 0.1) is 5.92 Å². The van der Waals surface area contributed by atoms with E-state index in [-0.39, 0.29) is 11.7 Å². The summed E-state index contributed by atoms with van der Waals surface area (Å²) in [6.45, 7) is 0.710. The van der Waals surface area contributed by atoms with E-state index < -0.39 is 0 Å². The summed E-state index contributed by atoms with van der Waals surface area (Å²) in [4.78, 5) is 17.2. The van der Waals surface area contributed by atoms with Crippen molar-refractivity contribution in [1.29, 1.82) is 0 Å². The Hall–Kier alpha value is -1.93. The minimum Gasteiger partial charge on any atom is -0.294 e. The Morgan fingerprint density at radius 3 is 2.67 bits per heavy atom. The topological polar surface area (TPSA) is 29.4 Å². The predicted octanol–water partition coefficient (Wildman–Crippen LogP) is 4.42. The molecule has 21 heavy (non-hydrogen) atoms. The van der Waals surface area contributed by atoms with E-state index in [9.17, 15) is 4.79 Å². The van der Waals surface area contributed by atoms with Crippen LogP contribution in [-0.4, -0.2) is 18.0 Å². The van der Waals surface area contributed by atoms with E-state index in [0.29, 0.717) is 23.6 Å². The molecular weight excluding hydrogens is 282 g/mol. The molecule has 0 amide bonds. The van der Waals surface area contributed by atoms with Crippen molar-refractivity contribution in [1.82, 2.24) is 0 Å². The molecule has 1 atom stereocenters. The van der Waals surface area contributed by atoms with Crippen LogP contribution < -0.4 is 0 Å². The number of rotatable bonds is 3. The van der Waals surface area contributed by atoms with E-state index in [4.69, 9.17) is 11.6 Å². The highest BCUT2D eigenvalue weighted by molar-refractivity contribution is 6.31. The number of hydrogen-bond acceptors (Lipinski definition) is 2. The van der Waals surface area contributed by atoms with Crippen LogP contribution in [0.5, 0.6) is 0 Å². The van der Waals surface area contributed by atoms with Gasteiger partial charge in [0.25, 0.3) is 0 Å². The summed E-state index contributed by atoms with van der Waals surface area (Å²) in [5.41, 5.74) is 2.84.